The number of carbonyl (C=O) groups excluding carboxylic acids is 1. The minimum Gasteiger partial charge on any atom is -0.491 e. The number of carbonyl (C=O) groups is 1. The molecule has 1 aromatic carbocycles. The molecule has 1 aromatic rings. The number of benzene rings is 1. The van der Waals surface area contributed by atoms with Crippen LogP contribution >= 0.6 is 0 Å². The summed E-state index contributed by atoms with van der Waals surface area (Å²) in [7, 11) is 0. The summed E-state index contributed by atoms with van der Waals surface area (Å²) in [6.07, 6.45) is 9.25. The number of aliphatic imine (C=N–C) groups is 1. The summed E-state index contributed by atoms with van der Waals surface area (Å²) < 4.78 is 11.0. The topological polar surface area (TPSA) is 47.9 Å². The fourth-order valence-corrected chi connectivity index (χ4v) is 2.34. The number of ether oxygens (including phenoxy) is 2. The second-order valence-corrected chi connectivity index (χ2v) is 7.10. The van der Waals surface area contributed by atoms with Crippen LogP contribution in [0.3, 0.4) is 0 Å². The van der Waals surface area contributed by atoms with Crippen LogP contribution in [0.1, 0.15) is 39.7 Å². The van der Waals surface area contributed by atoms with Crippen molar-refractivity contribution in [2.75, 3.05) is 19.8 Å². The van der Waals surface area contributed by atoms with E-state index in [2.05, 4.69) is 31.0 Å². The zero-order valence-corrected chi connectivity index (χ0v) is 16.2. The van der Waals surface area contributed by atoms with Crippen molar-refractivity contribution in [3.8, 4) is 5.75 Å². The van der Waals surface area contributed by atoms with E-state index in [1.54, 1.807) is 0 Å². The highest BCUT2D eigenvalue weighted by molar-refractivity contribution is 5.81. The third-order valence-corrected chi connectivity index (χ3v) is 4.56. The molecular weight excluding hydrogens is 326 g/mol. The molecule has 0 bridgehead atoms. The molecule has 0 saturated carbocycles. The van der Waals surface area contributed by atoms with Gasteiger partial charge in [0.05, 0.1) is 6.61 Å². The third kappa shape index (κ3) is 5.95. The van der Waals surface area contributed by atoms with Crippen LogP contribution in [-0.2, 0) is 9.53 Å². The van der Waals surface area contributed by atoms with Gasteiger partial charge >= 0.3 is 0 Å². The number of hydrogen-bond acceptors (Lipinski definition) is 4. The van der Waals surface area contributed by atoms with Gasteiger partial charge in [-0.15, -0.1) is 0 Å². The van der Waals surface area contributed by atoms with Crippen molar-refractivity contribution >= 4 is 17.6 Å². The van der Waals surface area contributed by atoms with E-state index in [0.29, 0.717) is 13.2 Å². The minimum absolute atomic E-state index is 0.00957. The molecule has 0 aromatic heterocycles. The molecular formula is C22H29NO3. The lowest BCUT2D eigenvalue weighted by Crippen LogP contribution is -2.17. The van der Waals surface area contributed by atoms with Crippen LogP contribution in [0.4, 0.5) is 0 Å². The van der Waals surface area contributed by atoms with Crippen molar-refractivity contribution < 1.29 is 14.3 Å². The molecule has 1 aliphatic heterocycles. The van der Waals surface area contributed by atoms with E-state index in [1.165, 1.54) is 0 Å². The molecule has 0 radical (unpaired) electrons. The van der Waals surface area contributed by atoms with Crippen molar-refractivity contribution in [1.29, 1.82) is 0 Å². The van der Waals surface area contributed by atoms with Crippen molar-refractivity contribution in [3.05, 3.63) is 48.2 Å². The number of rotatable bonds is 9. The Morgan fingerprint density at radius 2 is 1.92 bits per heavy atom. The fourth-order valence-electron chi connectivity index (χ4n) is 2.34. The molecule has 26 heavy (non-hydrogen) atoms. The molecule has 0 aliphatic carbocycles. The Bertz CT molecular complexity index is 686. The van der Waals surface area contributed by atoms with Gasteiger partial charge in [0.1, 0.15) is 19.0 Å². The maximum atomic E-state index is 11.5. The SMILES string of the molecule is CCC1(C)C=CC(c2ccc(OCCOCC(=O)C(C)C)cc2)=CN=C1. The average molecular weight is 355 g/mol. The third-order valence-electron chi connectivity index (χ3n) is 4.56. The van der Waals surface area contributed by atoms with Crippen molar-refractivity contribution in [1.82, 2.24) is 0 Å². The molecule has 140 valence electrons. The van der Waals surface area contributed by atoms with Crippen LogP contribution in [-0.4, -0.2) is 31.8 Å². The monoisotopic (exact) mass is 355 g/mol. The number of Topliss-reactive ketones (excluding diaryl/α,β-unsaturated/α-hetero) is 1. The highest BCUT2D eigenvalue weighted by atomic mass is 16.5. The summed E-state index contributed by atoms with van der Waals surface area (Å²) in [5, 5.41) is 0. The van der Waals surface area contributed by atoms with Gasteiger partial charge in [-0.3, -0.25) is 9.79 Å². The van der Waals surface area contributed by atoms with Crippen LogP contribution in [0.5, 0.6) is 5.75 Å². The number of nitrogens with zero attached hydrogens (tertiary/aromatic N) is 1. The highest BCUT2D eigenvalue weighted by Gasteiger charge is 2.16. The van der Waals surface area contributed by atoms with E-state index in [9.17, 15) is 4.79 Å². The molecule has 1 atom stereocenters. The predicted molar refractivity (Wildman–Crippen MR) is 107 cm³/mol. The van der Waals surface area contributed by atoms with E-state index >= 15 is 0 Å². The van der Waals surface area contributed by atoms with Gasteiger partial charge < -0.3 is 9.47 Å². The Morgan fingerprint density at radius 3 is 2.58 bits per heavy atom. The van der Waals surface area contributed by atoms with Crippen LogP contribution < -0.4 is 4.74 Å². The second kappa shape index (κ2) is 9.48. The van der Waals surface area contributed by atoms with Gasteiger partial charge in [-0.1, -0.05) is 52.0 Å². The van der Waals surface area contributed by atoms with Gasteiger partial charge in [-0.2, -0.15) is 0 Å². The first kappa shape index (κ1) is 20.1. The summed E-state index contributed by atoms with van der Waals surface area (Å²) in [5.74, 6) is 0.906. The standard InChI is InChI=1S/C22H29NO3/c1-5-22(4)11-10-19(14-23-16-22)18-6-8-20(9-7-18)26-13-12-25-15-21(24)17(2)3/h6-11,14,16-17H,5,12-13,15H2,1-4H3. The predicted octanol–water partition coefficient (Wildman–Crippen LogP) is 4.70. The smallest absolute Gasteiger partial charge is 0.160 e. The van der Waals surface area contributed by atoms with E-state index in [-0.39, 0.29) is 23.7 Å². The van der Waals surface area contributed by atoms with E-state index in [0.717, 1.165) is 23.3 Å². The van der Waals surface area contributed by atoms with Crippen LogP contribution in [0.25, 0.3) is 5.57 Å². The lowest BCUT2D eigenvalue weighted by Gasteiger charge is -2.16. The van der Waals surface area contributed by atoms with Crippen molar-refractivity contribution in [2.24, 2.45) is 16.3 Å². The first-order valence-corrected chi connectivity index (χ1v) is 9.21. The maximum Gasteiger partial charge on any atom is 0.160 e. The normalized spacial score (nSPS) is 19.3. The van der Waals surface area contributed by atoms with Crippen molar-refractivity contribution in [2.45, 2.75) is 34.1 Å². The Hall–Kier alpha value is -2.20. The van der Waals surface area contributed by atoms with Crippen LogP contribution in [0.15, 0.2) is 47.6 Å². The fraction of sp³-hybridized carbons (Fsp3) is 0.455. The molecule has 0 N–H and O–H groups in total. The van der Waals surface area contributed by atoms with E-state index < -0.39 is 0 Å². The molecule has 0 saturated heterocycles. The van der Waals surface area contributed by atoms with Gasteiger partial charge in [0, 0.05) is 23.7 Å². The Balaban J connectivity index is 1.83. The summed E-state index contributed by atoms with van der Waals surface area (Å²) in [5.41, 5.74) is 2.20. The molecule has 0 amide bonds. The molecule has 4 heteroatoms. The molecule has 2 rings (SSSR count). The Morgan fingerprint density at radius 1 is 1.19 bits per heavy atom. The van der Waals surface area contributed by atoms with Gasteiger partial charge in [-0.25, -0.2) is 0 Å². The van der Waals surface area contributed by atoms with Crippen LogP contribution in [0.2, 0.25) is 0 Å². The Labute approximate surface area is 156 Å². The largest absolute Gasteiger partial charge is 0.491 e. The lowest BCUT2D eigenvalue weighted by atomic mass is 9.88. The number of hydrogen-bond donors (Lipinski definition) is 0. The lowest BCUT2D eigenvalue weighted by molar-refractivity contribution is -0.126. The maximum absolute atomic E-state index is 11.5. The van der Waals surface area contributed by atoms with E-state index in [4.69, 9.17) is 9.47 Å². The van der Waals surface area contributed by atoms with Gasteiger partial charge in [-0.05, 0) is 29.7 Å². The first-order valence-electron chi connectivity index (χ1n) is 9.21. The molecule has 1 heterocycles. The highest BCUT2D eigenvalue weighted by Crippen LogP contribution is 2.27. The van der Waals surface area contributed by atoms with E-state index in [1.807, 2.05) is 50.5 Å². The molecule has 1 aliphatic rings. The van der Waals surface area contributed by atoms with Gasteiger partial charge in [0.15, 0.2) is 5.78 Å². The minimum atomic E-state index is 0.00957. The number of ketones is 1. The molecule has 4 nitrogen and oxygen atoms in total. The quantitative estimate of drug-likeness (QED) is 0.603. The Kier molecular flexibility index (Phi) is 7.34. The number of allylic oxidation sites excluding steroid dienone is 3. The molecule has 0 spiro atoms. The van der Waals surface area contributed by atoms with Gasteiger partial charge in [0.25, 0.3) is 0 Å². The molecule has 1 unspecified atom stereocenters. The average Bonchev–Trinajstić information content (AvgIpc) is 2.84. The zero-order valence-electron chi connectivity index (χ0n) is 16.2. The molecule has 0 fully saturated rings. The summed E-state index contributed by atoms with van der Waals surface area (Å²) in [6.45, 7) is 9.06. The second-order valence-electron chi connectivity index (χ2n) is 7.10. The summed E-state index contributed by atoms with van der Waals surface area (Å²) in [4.78, 5) is 15.9. The van der Waals surface area contributed by atoms with Crippen LogP contribution in [0, 0.1) is 11.3 Å². The van der Waals surface area contributed by atoms with Crippen molar-refractivity contribution in [3.63, 3.8) is 0 Å². The van der Waals surface area contributed by atoms with Gasteiger partial charge in [0.2, 0.25) is 0 Å². The summed E-state index contributed by atoms with van der Waals surface area (Å²) in [6, 6.07) is 7.94. The zero-order chi connectivity index (χ0) is 19.0. The first-order chi connectivity index (χ1) is 12.4. The summed E-state index contributed by atoms with van der Waals surface area (Å²) >= 11 is 0.